The normalized spacial score (nSPS) is 31.5. The topological polar surface area (TPSA) is 55.6 Å². The number of piperidine rings is 1. The molecule has 2 aliphatic rings. The lowest BCUT2D eigenvalue weighted by molar-refractivity contribution is 0.365. The molecule has 2 aromatic heterocycles. The summed E-state index contributed by atoms with van der Waals surface area (Å²) in [5, 5.41) is 3.98. The van der Waals surface area contributed by atoms with Gasteiger partial charge in [0.25, 0.3) is 0 Å². The average molecular weight is 250 g/mol. The highest BCUT2D eigenvalue weighted by Crippen LogP contribution is 2.40. The van der Waals surface area contributed by atoms with E-state index >= 15 is 0 Å². The van der Waals surface area contributed by atoms with Gasteiger partial charge in [0.05, 0.1) is 12.4 Å². The SMILES string of the molecule is Clc1ncnc2c1ncn2C1C[C@@H]2CN[C@H]1C2. The lowest BCUT2D eigenvalue weighted by Gasteiger charge is -2.24. The molecular weight excluding hydrogens is 238 g/mol. The smallest absolute Gasteiger partial charge is 0.165 e. The maximum atomic E-state index is 6.01. The molecule has 1 aliphatic heterocycles. The highest BCUT2D eigenvalue weighted by Gasteiger charge is 2.40. The first-order valence-electron chi connectivity index (χ1n) is 5.89. The van der Waals surface area contributed by atoms with Crippen molar-refractivity contribution in [2.75, 3.05) is 6.54 Å². The number of rotatable bonds is 1. The van der Waals surface area contributed by atoms with Gasteiger partial charge in [-0.1, -0.05) is 11.6 Å². The summed E-state index contributed by atoms with van der Waals surface area (Å²) in [4.78, 5) is 12.6. The average Bonchev–Trinajstić information content (AvgIpc) is 3.03. The van der Waals surface area contributed by atoms with E-state index in [0.29, 0.717) is 22.8 Å². The van der Waals surface area contributed by atoms with Crippen molar-refractivity contribution >= 4 is 22.8 Å². The van der Waals surface area contributed by atoms with Gasteiger partial charge in [0, 0.05) is 6.04 Å². The van der Waals surface area contributed by atoms with Crippen molar-refractivity contribution in [1.82, 2.24) is 24.8 Å². The lowest BCUT2D eigenvalue weighted by Crippen LogP contribution is -2.34. The summed E-state index contributed by atoms with van der Waals surface area (Å²) in [5.41, 5.74) is 1.56. The summed E-state index contributed by atoms with van der Waals surface area (Å²) in [7, 11) is 0. The van der Waals surface area contributed by atoms with Crippen LogP contribution in [0, 0.1) is 5.92 Å². The largest absolute Gasteiger partial charge is 0.312 e. The number of aromatic nitrogens is 4. The van der Waals surface area contributed by atoms with E-state index in [0.717, 1.165) is 18.1 Å². The predicted octanol–water partition coefficient (Wildman–Crippen LogP) is 1.40. The van der Waals surface area contributed by atoms with Gasteiger partial charge in [-0.05, 0) is 25.3 Å². The minimum absolute atomic E-state index is 0.435. The molecule has 3 atom stereocenters. The van der Waals surface area contributed by atoms with Crippen LogP contribution in [0.15, 0.2) is 12.7 Å². The summed E-state index contributed by atoms with van der Waals surface area (Å²) in [6, 6.07) is 1.02. The van der Waals surface area contributed by atoms with Crippen LogP contribution in [0.4, 0.5) is 0 Å². The molecule has 6 heteroatoms. The van der Waals surface area contributed by atoms with Gasteiger partial charge in [0.1, 0.15) is 11.8 Å². The van der Waals surface area contributed by atoms with E-state index in [1.807, 2.05) is 6.33 Å². The Morgan fingerprint density at radius 1 is 1.29 bits per heavy atom. The molecule has 0 aromatic carbocycles. The first kappa shape index (κ1) is 9.79. The van der Waals surface area contributed by atoms with Crippen LogP contribution >= 0.6 is 11.6 Å². The highest BCUT2D eigenvalue weighted by atomic mass is 35.5. The van der Waals surface area contributed by atoms with Crippen molar-refractivity contribution in [2.24, 2.45) is 5.92 Å². The van der Waals surface area contributed by atoms with Crippen LogP contribution < -0.4 is 5.32 Å². The van der Waals surface area contributed by atoms with Crippen LogP contribution in [0.25, 0.3) is 11.2 Å². The summed E-state index contributed by atoms with van der Waals surface area (Å²) in [5.74, 6) is 0.805. The molecule has 4 rings (SSSR count). The van der Waals surface area contributed by atoms with Crippen LogP contribution in [0.1, 0.15) is 18.9 Å². The van der Waals surface area contributed by atoms with Crippen molar-refractivity contribution < 1.29 is 0 Å². The van der Waals surface area contributed by atoms with Crippen LogP contribution in [-0.4, -0.2) is 32.1 Å². The summed E-state index contributed by atoms with van der Waals surface area (Å²) in [6.07, 6.45) is 5.83. The van der Waals surface area contributed by atoms with E-state index in [1.54, 1.807) is 0 Å². The van der Waals surface area contributed by atoms with Gasteiger partial charge >= 0.3 is 0 Å². The molecule has 88 valence electrons. The van der Waals surface area contributed by atoms with Gasteiger partial charge in [-0.3, -0.25) is 0 Å². The molecule has 1 N–H and O–H groups in total. The van der Waals surface area contributed by atoms with E-state index in [-0.39, 0.29) is 0 Å². The van der Waals surface area contributed by atoms with E-state index in [9.17, 15) is 0 Å². The zero-order chi connectivity index (χ0) is 11.4. The Morgan fingerprint density at radius 2 is 2.24 bits per heavy atom. The summed E-state index contributed by atoms with van der Waals surface area (Å²) in [6.45, 7) is 1.16. The molecule has 0 amide bonds. The molecule has 3 heterocycles. The molecule has 1 aliphatic carbocycles. The third kappa shape index (κ3) is 1.32. The van der Waals surface area contributed by atoms with Gasteiger partial charge in [-0.25, -0.2) is 15.0 Å². The number of hydrogen-bond donors (Lipinski definition) is 1. The third-order valence-corrected chi connectivity index (χ3v) is 4.24. The quantitative estimate of drug-likeness (QED) is 0.777. The Morgan fingerprint density at radius 3 is 3.00 bits per heavy atom. The Bertz CT molecular complexity index is 580. The zero-order valence-electron chi connectivity index (χ0n) is 9.17. The maximum Gasteiger partial charge on any atom is 0.165 e. The second kappa shape index (κ2) is 3.40. The van der Waals surface area contributed by atoms with Crippen LogP contribution in [-0.2, 0) is 0 Å². The van der Waals surface area contributed by atoms with Crippen LogP contribution in [0.3, 0.4) is 0 Å². The summed E-state index contributed by atoms with van der Waals surface area (Å²) < 4.78 is 2.15. The Kier molecular flexibility index (Phi) is 1.96. The molecule has 1 saturated carbocycles. The number of nitrogens with zero attached hydrogens (tertiary/aromatic N) is 4. The van der Waals surface area contributed by atoms with Gasteiger partial charge in [-0.15, -0.1) is 0 Å². The molecule has 1 saturated heterocycles. The van der Waals surface area contributed by atoms with E-state index in [2.05, 4.69) is 24.8 Å². The molecule has 17 heavy (non-hydrogen) atoms. The van der Waals surface area contributed by atoms with Crippen molar-refractivity contribution in [1.29, 1.82) is 0 Å². The van der Waals surface area contributed by atoms with Gasteiger partial charge in [-0.2, -0.15) is 0 Å². The molecule has 2 fully saturated rings. The van der Waals surface area contributed by atoms with E-state index in [1.165, 1.54) is 19.2 Å². The second-order valence-corrected chi connectivity index (χ2v) is 5.27. The fourth-order valence-electron chi connectivity index (χ4n) is 3.20. The zero-order valence-corrected chi connectivity index (χ0v) is 9.93. The van der Waals surface area contributed by atoms with E-state index in [4.69, 9.17) is 11.6 Å². The minimum Gasteiger partial charge on any atom is -0.312 e. The van der Waals surface area contributed by atoms with Crippen LogP contribution in [0.2, 0.25) is 5.15 Å². The number of fused-ring (bicyclic) bond motifs is 3. The molecule has 2 aromatic rings. The predicted molar refractivity (Wildman–Crippen MR) is 63.9 cm³/mol. The van der Waals surface area contributed by atoms with Gasteiger partial charge in [0.2, 0.25) is 0 Å². The van der Waals surface area contributed by atoms with Gasteiger partial charge < -0.3 is 9.88 Å². The second-order valence-electron chi connectivity index (χ2n) is 4.91. The fourth-order valence-corrected chi connectivity index (χ4v) is 3.37. The maximum absolute atomic E-state index is 6.01. The standard InChI is InChI=1S/C11H12ClN5/c12-10-9-11(15-4-14-10)17(5-16-9)8-2-6-1-7(8)13-3-6/h4-8,13H,1-3H2/t6-,7+,8?/m1/s1. The third-order valence-electron chi connectivity index (χ3n) is 3.97. The Hall–Kier alpha value is -1.20. The number of imidazole rings is 1. The first-order valence-corrected chi connectivity index (χ1v) is 6.27. The van der Waals surface area contributed by atoms with E-state index < -0.39 is 0 Å². The van der Waals surface area contributed by atoms with Crippen molar-refractivity contribution in [2.45, 2.75) is 24.9 Å². The van der Waals surface area contributed by atoms with Gasteiger partial charge in [0.15, 0.2) is 10.8 Å². The molecule has 0 spiro atoms. The monoisotopic (exact) mass is 249 g/mol. The number of hydrogen-bond acceptors (Lipinski definition) is 4. The highest BCUT2D eigenvalue weighted by molar-refractivity contribution is 6.33. The summed E-state index contributed by atoms with van der Waals surface area (Å²) >= 11 is 6.01. The molecule has 2 bridgehead atoms. The minimum atomic E-state index is 0.435. The van der Waals surface area contributed by atoms with Crippen molar-refractivity contribution in [3.8, 4) is 0 Å². The number of nitrogens with one attached hydrogen (secondary N) is 1. The lowest BCUT2D eigenvalue weighted by atomic mass is 10.1. The first-order chi connectivity index (χ1) is 8.33. The Balaban J connectivity index is 1.84. The molecule has 0 radical (unpaired) electrons. The van der Waals surface area contributed by atoms with Crippen molar-refractivity contribution in [3.05, 3.63) is 17.8 Å². The molecule has 1 unspecified atom stereocenters. The fraction of sp³-hybridized carbons (Fsp3) is 0.545. The molecular formula is C11H12ClN5. The number of halogens is 1. The Labute approximate surface area is 103 Å². The van der Waals surface area contributed by atoms with Crippen LogP contribution in [0.5, 0.6) is 0 Å². The molecule has 5 nitrogen and oxygen atoms in total. The van der Waals surface area contributed by atoms with Crippen molar-refractivity contribution in [3.63, 3.8) is 0 Å².